The minimum absolute atomic E-state index is 0.0107. The number of benzene rings is 4. The Balaban J connectivity index is 1.04. The van der Waals surface area contributed by atoms with E-state index in [1.807, 2.05) is 75.4 Å². The van der Waals surface area contributed by atoms with E-state index >= 15 is 0 Å². The molecule has 0 unspecified atom stereocenters. The van der Waals surface area contributed by atoms with Crippen molar-refractivity contribution < 1.29 is 24.2 Å². The van der Waals surface area contributed by atoms with Gasteiger partial charge >= 0.3 is 0 Å². The molecule has 0 bridgehead atoms. The fourth-order valence-electron chi connectivity index (χ4n) is 9.37. The summed E-state index contributed by atoms with van der Waals surface area (Å²) >= 11 is 0. The van der Waals surface area contributed by atoms with Gasteiger partial charge in [-0.25, -0.2) is 4.98 Å². The first-order chi connectivity index (χ1) is 28.5. The van der Waals surface area contributed by atoms with Crippen LogP contribution in [0, 0.1) is 11.8 Å². The quantitative estimate of drug-likeness (QED) is 0.129. The van der Waals surface area contributed by atoms with Gasteiger partial charge in [-0.2, -0.15) is 0 Å². The standard InChI is InChI=1S/C49H57N5O5/c1-31-44(29-54-42-16-10-6-11-34(42)25-26-43(54)47(57)53-49(2,3)4)58-48(59-45(31)35-19-17-32(30-55)18-20-35)36-23-21-33(22-24-36)38-13-7-5-12-37(38)27-51-46(56)41-28-50-39-14-8-9-15-40(39)52-41/h5,7-9,12-15,17-24,28,31,34,42-45,48,55H,6,10-11,16,25-27,29-30H2,1-4H3,(H,51,56)(H,53,57)/t31-,34-,42-,43-,44+,45+,48+/m1/s1. The number of piperidine rings is 1. The maximum absolute atomic E-state index is 13.9. The Labute approximate surface area is 347 Å². The molecule has 5 aromatic rings. The normalized spacial score (nSPS) is 24.9. The van der Waals surface area contributed by atoms with E-state index in [1.165, 1.54) is 25.5 Å². The van der Waals surface area contributed by atoms with Crippen LogP contribution in [-0.4, -0.2) is 62.1 Å². The average molecular weight is 796 g/mol. The first-order valence-electron chi connectivity index (χ1n) is 21.3. The summed E-state index contributed by atoms with van der Waals surface area (Å²) in [4.78, 5) is 38.5. The van der Waals surface area contributed by atoms with Gasteiger partial charge in [0.2, 0.25) is 5.91 Å². The minimum atomic E-state index is -0.640. The van der Waals surface area contributed by atoms with Gasteiger partial charge in [0, 0.05) is 36.2 Å². The number of carbonyl (C=O) groups excluding carboxylic acids is 2. The van der Waals surface area contributed by atoms with Crippen molar-refractivity contribution in [1.82, 2.24) is 25.5 Å². The van der Waals surface area contributed by atoms with Gasteiger partial charge in [0.25, 0.3) is 5.91 Å². The summed E-state index contributed by atoms with van der Waals surface area (Å²) in [5, 5.41) is 16.1. The molecule has 2 saturated heterocycles. The summed E-state index contributed by atoms with van der Waals surface area (Å²) < 4.78 is 13.9. The fourth-order valence-corrected chi connectivity index (χ4v) is 9.37. The zero-order chi connectivity index (χ0) is 41.1. The molecule has 7 atom stereocenters. The van der Waals surface area contributed by atoms with E-state index < -0.39 is 6.29 Å². The van der Waals surface area contributed by atoms with Crippen molar-refractivity contribution in [3.05, 3.63) is 131 Å². The summed E-state index contributed by atoms with van der Waals surface area (Å²) in [6, 6.07) is 32.0. The van der Waals surface area contributed by atoms with Crippen molar-refractivity contribution in [2.24, 2.45) is 11.8 Å². The third-order valence-electron chi connectivity index (χ3n) is 12.5. The molecule has 3 heterocycles. The number of amides is 2. The molecule has 10 heteroatoms. The molecule has 59 heavy (non-hydrogen) atoms. The second kappa shape index (κ2) is 17.7. The Morgan fingerprint density at radius 2 is 1.54 bits per heavy atom. The molecule has 3 fully saturated rings. The number of fused-ring (bicyclic) bond motifs is 2. The van der Waals surface area contributed by atoms with E-state index in [1.54, 1.807) is 0 Å². The molecule has 308 valence electrons. The maximum atomic E-state index is 13.9. The van der Waals surface area contributed by atoms with E-state index in [9.17, 15) is 14.7 Å². The first-order valence-corrected chi connectivity index (χ1v) is 21.3. The second-order valence-electron chi connectivity index (χ2n) is 17.7. The topological polar surface area (TPSA) is 126 Å². The van der Waals surface area contributed by atoms with E-state index in [0.29, 0.717) is 30.6 Å². The van der Waals surface area contributed by atoms with Crippen LogP contribution < -0.4 is 10.6 Å². The Kier molecular flexibility index (Phi) is 12.2. The van der Waals surface area contributed by atoms with Gasteiger partial charge in [-0.3, -0.25) is 19.5 Å². The summed E-state index contributed by atoms with van der Waals surface area (Å²) in [5.74, 6) is 0.399. The lowest BCUT2D eigenvalue weighted by molar-refractivity contribution is -0.278. The predicted octanol–water partition coefficient (Wildman–Crippen LogP) is 8.45. The minimum Gasteiger partial charge on any atom is -0.392 e. The number of hydrogen-bond acceptors (Lipinski definition) is 8. The number of aromatic nitrogens is 2. The molecule has 0 spiro atoms. The molecule has 1 aromatic heterocycles. The van der Waals surface area contributed by atoms with Crippen LogP contribution in [-0.2, 0) is 27.4 Å². The van der Waals surface area contributed by atoms with E-state index in [-0.39, 0.29) is 53.8 Å². The third-order valence-corrected chi connectivity index (χ3v) is 12.5. The molecule has 3 aliphatic rings. The van der Waals surface area contributed by atoms with Crippen LogP contribution >= 0.6 is 0 Å². The summed E-state index contributed by atoms with van der Waals surface area (Å²) in [6.07, 6.45) is 7.06. The summed E-state index contributed by atoms with van der Waals surface area (Å²) in [6.45, 7) is 9.28. The highest BCUT2D eigenvalue weighted by molar-refractivity contribution is 5.93. The monoisotopic (exact) mass is 795 g/mol. The SMILES string of the molecule is C[C@@H]1[C@H](CN2[C@@H](C(=O)NC(C)(C)C)CC[C@H]3CCCC[C@H]32)O[C@H](c2ccc(-c3ccccc3CNC(=O)c3cnc4ccccc4n3)cc2)O[C@@H]1c1ccc(CO)cc1. The van der Waals surface area contributed by atoms with Crippen LogP contribution in [0.25, 0.3) is 22.2 Å². The third kappa shape index (κ3) is 9.26. The van der Waals surface area contributed by atoms with E-state index in [0.717, 1.165) is 58.2 Å². The molecular formula is C49H57N5O5. The number of aliphatic hydroxyl groups excluding tert-OH is 1. The van der Waals surface area contributed by atoms with Crippen LogP contribution in [0.3, 0.4) is 0 Å². The van der Waals surface area contributed by atoms with Gasteiger partial charge in [-0.05, 0) is 92.3 Å². The van der Waals surface area contributed by atoms with Gasteiger partial charge in [-0.15, -0.1) is 0 Å². The maximum Gasteiger partial charge on any atom is 0.271 e. The molecule has 1 saturated carbocycles. The number of nitrogens with one attached hydrogen (secondary N) is 2. The average Bonchev–Trinajstić information content (AvgIpc) is 3.25. The van der Waals surface area contributed by atoms with Gasteiger partial charge in [0.05, 0.1) is 42.1 Å². The van der Waals surface area contributed by atoms with Crippen molar-refractivity contribution >= 4 is 22.8 Å². The first kappa shape index (κ1) is 40.8. The predicted molar refractivity (Wildman–Crippen MR) is 229 cm³/mol. The van der Waals surface area contributed by atoms with Crippen molar-refractivity contribution in [2.75, 3.05) is 6.54 Å². The Bertz CT molecular complexity index is 2240. The van der Waals surface area contributed by atoms with Gasteiger partial charge in [0.15, 0.2) is 6.29 Å². The van der Waals surface area contributed by atoms with Crippen molar-refractivity contribution in [1.29, 1.82) is 0 Å². The molecular weight excluding hydrogens is 739 g/mol. The van der Waals surface area contributed by atoms with Crippen molar-refractivity contribution in [2.45, 2.75) is 115 Å². The van der Waals surface area contributed by atoms with Crippen molar-refractivity contribution in [3.8, 4) is 11.1 Å². The highest BCUT2D eigenvalue weighted by Crippen LogP contribution is 2.44. The molecule has 1 aliphatic carbocycles. The molecule has 4 aromatic carbocycles. The molecule has 3 N–H and O–H groups in total. The number of rotatable bonds is 10. The van der Waals surface area contributed by atoms with Gasteiger partial charge in [0.1, 0.15) is 5.69 Å². The van der Waals surface area contributed by atoms with Crippen LogP contribution in [0.15, 0.2) is 103 Å². The molecule has 2 aliphatic heterocycles. The zero-order valence-electron chi connectivity index (χ0n) is 34.6. The number of carbonyl (C=O) groups is 2. The smallest absolute Gasteiger partial charge is 0.271 e. The number of ether oxygens (including phenoxy) is 2. The van der Waals surface area contributed by atoms with Gasteiger partial charge in [-0.1, -0.05) is 105 Å². The molecule has 0 radical (unpaired) electrons. The van der Waals surface area contributed by atoms with Crippen LogP contribution in [0.1, 0.15) is 111 Å². The summed E-state index contributed by atoms with van der Waals surface area (Å²) in [5.41, 5.74) is 7.15. The molecule has 2 amide bonds. The van der Waals surface area contributed by atoms with Crippen LogP contribution in [0.2, 0.25) is 0 Å². The number of nitrogens with zero attached hydrogens (tertiary/aromatic N) is 3. The van der Waals surface area contributed by atoms with E-state index in [2.05, 4.69) is 74.9 Å². The largest absolute Gasteiger partial charge is 0.392 e. The highest BCUT2D eigenvalue weighted by Gasteiger charge is 2.46. The number of para-hydroxylation sites is 2. The number of likely N-dealkylation sites (tertiary alicyclic amines) is 1. The van der Waals surface area contributed by atoms with Crippen molar-refractivity contribution in [3.63, 3.8) is 0 Å². The molecule has 10 nitrogen and oxygen atoms in total. The summed E-state index contributed by atoms with van der Waals surface area (Å²) in [7, 11) is 0. The fraction of sp³-hybridized carbons (Fsp3) is 0.429. The second-order valence-corrected chi connectivity index (χ2v) is 17.7. The molecule has 8 rings (SSSR count). The zero-order valence-corrected chi connectivity index (χ0v) is 34.6. The highest BCUT2D eigenvalue weighted by atomic mass is 16.7. The Hall–Kier alpha value is -5.00. The lowest BCUT2D eigenvalue weighted by Gasteiger charge is -2.51. The number of hydrogen-bond donors (Lipinski definition) is 3. The number of aliphatic hydroxyl groups is 1. The Morgan fingerprint density at radius 3 is 2.31 bits per heavy atom. The van der Waals surface area contributed by atoms with Gasteiger partial charge < -0.3 is 25.2 Å². The Morgan fingerprint density at radius 1 is 0.831 bits per heavy atom. The van der Waals surface area contributed by atoms with Crippen LogP contribution in [0.5, 0.6) is 0 Å². The van der Waals surface area contributed by atoms with E-state index in [4.69, 9.17) is 9.47 Å². The van der Waals surface area contributed by atoms with Crippen LogP contribution in [0.4, 0.5) is 0 Å². The lowest BCUT2D eigenvalue weighted by atomic mass is 9.75. The lowest BCUT2D eigenvalue weighted by Crippen LogP contribution is -2.61.